The molecule has 4 heteroatoms. The molecule has 0 aliphatic heterocycles. The number of hydrogen-bond acceptors (Lipinski definition) is 2. The molecule has 0 heterocycles. The number of rotatable bonds is 4. The Kier molecular flexibility index (Phi) is 4.27. The molecule has 0 radical (unpaired) electrons. The minimum Gasteiger partial charge on any atom is -0.300 e. The van der Waals surface area contributed by atoms with Gasteiger partial charge in [-0.2, -0.15) is 0 Å². The molecule has 0 aliphatic rings. The first kappa shape index (κ1) is 12.2. The predicted octanol–water partition coefficient (Wildman–Crippen LogP) is 3.42. The van der Waals surface area contributed by atoms with Crippen molar-refractivity contribution in [2.45, 2.75) is 30.4 Å². The van der Waals surface area contributed by atoms with E-state index in [4.69, 9.17) is 0 Å². The smallest absolute Gasteiger partial charge is 0.136 e. The first-order chi connectivity index (χ1) is 6.99. The van der Waals surface area contributed by atoms with Gasteiger partial charge in [-0.15, -0.1) is 11.8 Å². The fraction of sp³-hybridized carbons (Fsp3) is 0.364. The van der Waals surface area contributed by atoms with Gasteiger partial charge in [0.05, 0.1) is 0 Å². The number of carbonyl (C=O) groups excluding carboxylic acids is 1. The summed E-state index contributed by atoms with van der Waals surface area (Å²) in [6.07, 6.45) is 0.362. The molecule has 0 bridgehead atoms. The average molecular weight is 230 g/mol. The van der Waals surface area contributed by atoms with Gasteiger partial charge >= 0.3 is 0 Å². The van der Waals surface area contributed by atoms with Gasteiger partial charge in [-0.05, 0) is 25.1 Å². The number of Topliss-reactive ketones (excluding diaryl/α,β-unsaturated/α-hetero) is 1. The zero-order chi connectivity index (χ0) is 11.4. The van der Waals surface area contributed by atoms with E-state index in [0.717, 1.165) is 18.2 Å². The lowest BCUT2D eigenvalue weighted by Gasteiger charge is -2.09. The molecule has 1 unspecified atom stereocenters. The second-order valence-corrected chi connectivity index (χ2v) is 4.89. The van der Waals surface area contributed by atoms with Crippen LogP contribution in [0.4, 0.5) is 8.78 Å². The molecule has 0 saturated carbocycles. The molecule has 0 aromatic heterocycles. The first-order valence-electron chi connectivity index (χ1n) is 4.60. The number of hydrogen-bond donors (Lipinski definition) is 0. The molecule has 0 fully saturated rings. The first-order valence-corrected chi connectivity index (χ1v) is 5.48. The van der Waals surface area contributed by atoms with E-state index in [0.29, 0.717) is 6.42 Å². The number of halogens is 2. The van der Waals surface area contributed by atoms with E-state index in [-0.39, 0.29) is 15.9 Å². The molecule has 1 atom stereocenters. The second-order valence-electron chi connectivity index (χ2n) is 3.41. The lowest BCUT2D eigenvalue weighted by atomic mass is 10.2. The van der Waals surface area contributed by atoms with Gasteiger partial charge in [-0.1, -0.05) is 6.92 Å². The highest BCUT2D eigenvalue weighted by Crippen LogP contribution is 2.28. The maximum atomic E-state index is 13.2. The summed E-state index contributed by atoms with van der Waals surface area (Å²) >= 11 is 1.18. The third-order valence-electron chi connectivity index (χ3n) is 1.80. The Hall–Kier alpha value is -0.900. The Bertz CT molecular complexity index is 366. The van der Waals surface area contributed by atoms with Crippen molar-refractivity contribution in [3.05, 3.63) is 29.8 Å². The van der Waals surface area contributed by atoms with Gasteiger partial charge in [-0.25, -0.2) is 8.78 Å². The SMILES string of the molecule is CC(=O)CC(C)Sc1cc(F)ccc1F. The molecule has 0 amide bonds. The topological polar surface area (TPSA) is 17.1 Å². The molecule has 0 aliphatic carbocycles. The average Bonchev–Trinajstić information content (AvgIpc) is 2.10. The standard InChI is InChI=1S/C11H12F2OS/c1-7(14)5-8(2)15-11-6-9(12)3-4-10(11)13/h3-4,6,8H,5H2,1-2H3. The Balaban J connectivity index is 2.71. The molecule has 15 heavy (non-hydrogen) atoms. The van der Waals surface area contributed by atoms with Gasteiger partial charge in [0.1, 0.15) is 17.4 Å². The summed E-state index contributed by atoms with van der Waals surface area (Å²) in [5.74, 6) is -0.863. The van der Waals surface area contributed by atoms with E-state index in [1.54, 1.807) is 0 Å². The van der Waals surface area contributed by atoms with Crippen molar-refractivity contribution in [2.24, 2.45) is 0 Å². The molecule has 0 spiro atoms. The molecule has 1 aromatic carbocycles. The number of thioether (sulfide) groups is 1. The van der Waals surface area contributed by atoms with E-state index >= 15 is 0 Å². The van der Waals surface area contributed by atoms with Gasteiger partial charge in [-0.3, -0.25) is 4.79 Å². The van der Waals surface area contributed by atoms with Crippen LogP contribution in [0.15, 0.2) is 23.1 Å². The molecule has 1 aromatic rings. The van der Waals surface area contributed by atoms with Crippen molar-refractivity contribution in [1.29, 1.82) is 0 Å². The summed E-state index contributed by atoms with van der Waals surface area (Å²) in [7, 11) is 0. The largest absolute Gasteiger partial charge is 0.300 e. The van der Waals surface area contributed by atoms with Crippen LogP contribution in [0.1, 0.15) is 20.3 Å². The summed E-state index contributed by atoms with van der Waals surface area (Å²) < 4.78 is 26.0. The zero-order valence-corrected chi connectivity index (χ0v) is 9.41. The highest BCUT2D eigenvalue weighted by molar-refractivity contribution is 8.00. The van der Waals surface area contributed by atoms with Crippen molar-refractivity contribution in [2.75, 3.05) is 0 Å². The van der Waals surface area contributed by atoms with Gasteiger partial charge < -0.3 is 0 Å². The Morgan fingerprint density at radius 2 is 2.13 bits per heavy atom. The molecule has 1 nitrogen and oxygen atoms in total. The molecule has 82 valence electrons. The zero-order valence-electron chi connectivity index (χ0n) is 8.59. The van der Waals surface area contributed by atoms with E-state index < -0.39 is 11.6 Å². The van der Waals surface area contributed by atoms with Gasteiger partial charge in [0.2, 0.25) is 0 Å². The Morgan fingerprint density at radius 1 is 1.47 bits per heavy atom. The third kappa shape index (κ3) is 4.00. The third-order valence-corrected chi connectivity index (χ3v) is 2.93. The fourth-order valence-electron chi connectivity index (χ4n) is 1.23. The van der Waals surface area contributed by atoms with Crippen LogP contribution in [0.5, 0.6) is 0 Å². The van der Waals surface area contributed by atoms with Crippen LogP contribution >= 0.6 is 11.8 Å². The lowest BCUT2D eigenvalue weighted by Crippen LogP contribution is -2.03. The number of carbonyl (C=O) groups is 1. The maximum Gasteiger partial charge on any atom is 0.136 e. The van der Waals surface area contributed by atoms with Crippen molar-refractivity contribution < 1.29 is 13.6 Å². The van der Waals surface area contributed by atoms with E-state index in [9.17, 15) is 13.6 Å². The van der Waals surface area contributed by atoms with Gasteiger partial charge in [0.15, 0.2) is 0 Å². The highest BCUT2D eigenvalue weighted by Gasteiger charge is 2.11. The van der Waals surface area contributed by atoms with E-state index in [1.165, 1.54) is 18.7 Å². The van der Waals surface area contributed by atoms with E-state index in [1.807, 2.05) is 6.92 Å². The predicted molar refractivity (Wildman–Crippen MR) is 57.0 cm³/mol. The quantitative estimate of drug-likeness (QED) is 0.737. The summed E-state index contributed by atoms with van der Waals surface area (Å²) in [6, 6.07) is 3.32. The van der Waals surface area contributed by atoms with Crippen LogP contribution < -0.4 is 0 Å². The highest BCUT2D eigenvalue weighted by atomic mass is 32.2. The van der Waals surface area contributed by atoms with Crippen LogP contribution in [0, 0.1) is 11.6 Å². The fourth-order valence-corrected chi connectivity index (χ4v) is 2.34. The minimum atomic E-state index is -0.464. The maximum absolute atomic E-state index is 13.2. The number of ketones is 1. The summed E-state index contributed by atoms with van der Waals surface area (Å²) in [6.45, 7) is 3.30. The Morgan fingerprint density at radius 3 is 2.73 bits per heavy atom. The lowest BCUT2D eigenvalue weighted by molar-refractivity contribution is -0.116. The van der Waals surface area contributed by atoms with E-state index in [2.05, 4.69) is 0 Å². The van der Waals surface area contributed by atoms with Crippen LogP contribution in [-0.2, 0) is 4.79 Å². The molecule has 1 rings (SSSR count). The van der Waals surface area contributed by atoms with Gasteiger partial charge in [0, 0.05) is 16.6 Å². The van der Waals surface area contributed by atoms with Crippen LogP contribution in [0.25, 0.3) is 0 Å². The summed E-state index contributed by atoms with van der Waals surface area (Å²) in [4.78, 5) is 11.1. The van der Waals surface area contributed by atoms with Gasteiger partial charge in [0.25, 0.3) is 0 Å². The minimum absolute atomic E-state index is 0.0428. The molecule has 0 saturated heterocycles. The van der Waals surface area contributed by atoms with Crippen LogP contribution in [0.2, 0.25) is 0 Å². The summed E-state index contributed by atoms with van der Waals surface area (Å²) in [5, 5.41) is -0.0428. The molecular weight excluding hydrogens is 218 g/mol. The molecule has 0 N–H and O–H groups in total. The normalized spacial score (nSPS) is 12.5. The monoisotopic (exact) mass is 230 g/mol. The van der Waals surface area contributed by atoms with Crippen molar-refractivity contribution in [3.63, 3.8) is 0 Å². The molecular formula is C11H12F2OS. The van der Waals surface area contributed by atoms with Crippen LogP contribution in [-0.4, -0.2) is 11.0 Å². The number of benzene rings is 1. The summed E-state index contributed by atoms with van der Waals surface area (Å²) in [5.41, 5.74) is 0. The van der Waals surface area contributed by atoms with Crippen molar-refractivity contribution in [1.82, 2.24) is 0 Å². The Labute approximate surface area is 91.9 Å². The van der Waals surface area contributed by atoms with Crippen molar-refractivity contribution in [3.8, 4) is 0 Å². The second kappa shape index (κ2) is 5.26. The van der Waals surface area contributed by atoms with Crippen LogP contribution in [0.3, 0.4) is 0 Å². The van der Waals surface area contributed by atoms with Crippen molar-refractivity contribution >= 4 is 17.5 Å².